The van der Waals surface area contributed by atoms with Gasteiger partial charge in [0.15, 0.2) is 0 Å². The van der Waals surface area contributed by atoms with Crippen LogP contribution in [0.15, 0.2) is 12.1 Å². The molecule has 0 bridgehead atoms. The molecule has 3 N–H and O–H groups in total. The molecule has 6 nitrogen and oxygen atoms in total. The van der Waals surface area contributed by atoms with Crippen molar-refractivity contribution in [3.63, 3.8) is 0 Å². The largest absolute Gasteiger partial charge is 0.397 e. The average Bonchev–Trinajstić information content (AvgIpc) is 2.28. The molecule has 0 unspecified atom stereocenters. The van der Waals surface area contributed by atoms with Gasteiger partial charge in [-0.3, -0.25) is 14.9 Å². The maximum atomic E-state index is 10.7. The van der Waals surface area contributed by atoms with Crippen LogP contribution in [0, 0.1) is 28.9 Å². The fourth-order valence-electron chi connectivity index (χ4n) is 1.30. The normalized spacial score (nSPS) is 9.22. The van der Waals surface area contributed by atoms with E-state index < -0.39 is 4.92 Å². The molecule has 18 heavy (non-hydrogen) atoms. The van der Waals surface area contributed by atoms with Gasteiger partial charge in [0.1, 0.15) is 0 Å². The second-order valence-electron chi connectivity index (χ2n) is 3.69. The van der Waals surface area contributed by atoms with Crippen molar-refractivity contribution >= 4 is 17.3 Å². The number of nitrogens with one attached hydrogen (secondary N) is 1. The van der Waals surface area contributed by atoms with Crippen molar-refractivity contribution in [2.45, 2.75) is 13.8 Å². The lowest BCUT2D eigenvalue weighted by molar-refractivity contribution is -0.384. The lowest BCUT2D eigenvalue weighted by Crippen LogP contribution is -2.19. The molecule has 1 amide bonds. The third-order valence-corrected chi connectivity index (χ3v) is 2.23. The number of carbonyl (C=O) groups excluding carboxylic acids is 1. The van der Waals surface area contributed by atoms with Gasteiger partial charge >= 0.3 is 0 Å². The highest BCUT2D eigenvalue weighted by Crippen LogP contribution is 2.23. The number of nitrogen functional groups attached to an aromatic ring is 1. The van der Waals surface area contributed by atoms with Crippen molar-refractivity contribution in [2.24, 2.45) is 0 Å². The fraction of sp³-hybridized carbons (Fsp3) is 0.250. The lowest BCUT2D eigenvalue weighted by Gasteiger charge is -2.02. The van der Waals surface area contributed by atoms with E-state index in [9.17, 15) is 14.9 Å². The Morgan fingerprint density at radius 2 is 2.22 bits per heavy atom. The van der Waals surface area contributed by atoms with Crippen LogP contribution in [-0.2, 0) is 4.79 Å². The molecular weight excluding hydrogens is 234 g/mol. The predicted molar refractivity (Wildman–Crippen MR) is 67.8 cm³/mol. The minimum Gasteiger partial charge on any atom is -0.397 e. The predicted octanol–water partition coefficient (Wildman–Crippen LogP) is 0.973. The van der Waals surface area contributed by atoms with Gasteiger partial charge in [-0.05, 0) is 12.5 Å². The van der Waals surface area contributed by atoms with E-state index in [1.165, 1.54) is 19.1 Å². The zero-order valence-corrected chi connectivity index (χ0v) is 10.1. The molecule has 0 saturated carbocycles. The number of hydrogen-bond acceptors (Lipinski definition) is 4. The second kappa shape index (κ2) is 5.68. The number of nitrogens with zero attached hydrogens (tertiary/aromatic N) is 1. The topological polar surface area (TPSA) is 98.3 Å². The van der Waals surface area contributed by atoms with Crippen molar-refractivity contribution in [3.8, 4) is 11.8 Å². The van der Waals surface area contributed by atoms with Crippen LogP contribution in [-0.4, -0.2) is 17.4 Å². The highest BCUT2D eigenvalue weighted by atomic mass is 16.6. The Balaban J connectivity index is 3.00. The first-order valence-electron chi connectivity index (χ1n) is 5.19. The van der Waals surface area contributed by atoms with E-state index in [1.54, 1.807) is 6.92 Å². The molecule has 0 atom stereocenters. The monoisotopic (exact) mass is 247 g/mol. The third-order valence-electron chi connectivity index (χ3n) is 2.23. The first kappa shape index (κ1) is 13.5. The fourth-order valence-corrected chi connectivity index (χ4v) is 1.30. The molecule has 0 heterocycles. The number of carbonyl (C=O) groups is 1. The van der Waals surface area contributed by atoms with Crippen LogP contribution < -0.4 is 11.1 Å². The molecule has 0 fully saturated rings. The number of nitrogens with two attached hydrogens (primary N) is 1. The minimum absolute atomic E-state index is 0.0504. The van der Waals surface area contributed by atoms with Gasteiger partial charge in [-0.1, -0.05) is 11.8 Å². The molecule has 94 valence electrons. The molecule has 0 aliphatic rings. The minimum atomic E-state index is -0.495. The van der Waals surface area contributed by atoms with Gasteiger partial charge in [-0.25, -0.2) is 0 Å². The van der Waals surface area contributed by atoms with E-state index in [0.29, 0.717) is 16.8 Å². The van der Waals surface area contributed by atoms with Crippen molar-refractivity contribution in [2.75, 3.05) is 12.3 Å². The van der Waals surface area contributed by atoms with E-state index in [2.05, 4.69) is 17.2 Å². The molecular formula is C12H13N3O3. The van der Waals surface area contributed by atoms with Gasteiger partial charge in [-0.15, -0.1) is 0 Å². The summed E-state index contributed by atoms with van der Waals surface area (Å²) in [5.74, 6) is 5.21. The first-order chi connectivity index (χ1) is 8.41. The van der Waals surface area contributed by atoms with Crippen molar-refractivity contribution in [1.29, 1.82) is 0 Å². The smallest absolute Gasteiger partial charge is 0.271 e. The van der Waals surface area contributed by atoms with Crippen molar-refractivity contribution in [3.05, 3.63) is 33.4 Å². The first-order valence-corrected chi connectivity index (χ1v) is 5.19. The van der Waals surface area contributed by atoms with Crippen LogP contribution in [0.5, 0.6) is 0 Å². The Hall–Kier alpha value is -2.55. The molecule has 0 spiro atoms. The molecule has 1 rings (SSSR count). The highest BCUT2D eigenvalue weighted by Gasteiger charge is 2.10. The summed E-state index contributed by atoms with van der Waals surface area (Å²) in [6.45, 7) is 3.24. The molecule has 0 radical (unpaired) electrons. The number of nitro benzene ring substituents is 1. The van der Waals surface area contributed by atoms with Gasteiger partial charge in [-0.2, -0.15) is 0 Å². The molecule has 6 heteroatoms. The quantitative estimate of drug-likeness (QED) is 0.352. The lowest BCUT2D eigenvalue weighted by atomic mass is 10.1. The van der Waals surface area contributed by atoms with Crippen LogP contribution in [0.1, 0.15) is 18.1 Å². The van der Waals surface area contributed by atoms with Gasteiger partial charge in [0.25, 0.3) is 5.69 Å². The van der Waals surface area contributed by atoms with E-state index in [0.717, 1.165) is 0 Å². The van der Waals surface area contributed by atoms with Crippen LogP contribution >= 0.6 is 0 Å². The third kappa shape index (κ3) is 3.49. The SMILES string of the molecule is CC(=O)NCC#Cc1cc([N+](=O)[O-])cc(C)c1N. The molecule has 1 aromatic rings. The number of nitro groups is 1. The van der Waals surface area contributed by atoms with E-state index in [-0.39, 0.29) is 18.1 Å². The maximum Gasteiger partial charge on any atom is 0.271 e. The summed E-state index contributed by atoms with van der Waals surface area (Å²) in [6, 6.07) is 2.72. The summed E-state index contributed by atoms with van der Waals surface area (Å²) in [5.41, 5.74) is 7.14. The second-order valence-corrected chi connectivity index (χ2v) is 3.69. The van der Waals surface area contributed by atoms with Crippen molar-refractivity contribution < 1.29 is 9.72 Å². The number of aryl methyl sites for hydroxylation is 1. The Morgan fingerprint density at radius 3 is 2.78 bits per heavy atom. The zero-order valence-electron chi connectivity index (χ0n) is 10.1. The summed E-state index contributed by atoms with van der Waals surface area (Å²) in [7, 11) is 0. The summed E-state index contributed by atoms with van der Waals surface area (Å²) in [4.78, 5) is 20.8. The molecule has 0 aliphatic carbocycles. The maximum absolute atomic E-state index is 10.7. The number of amides is 1. The van der Waals surface area contributed by atoms with E-state index in [4.69, 9.17) is 5.73 Å². The van der Waals surface area contributed by atoms with Crippen LogP contribution in [0.3, 0.4) is 0 Å². The van der Waals surface area contributed by atoms with E-state index in [1.807, 2.05) is 0 Å². The number of benzene rings is 1. The Kier molecular flexibility index (Phi) is 4.27. The summed E-state index contributed by atoms with van der Waals surface area (Å²) in [5, 5.41) is 13.2. The average molecular weight is 247 g/mol. The number of rotatable bonds is 2. The highest BCUT2D eigenvalue weighted by molar-refractivity contribution is 5.73. The number of non-ortho nitro benzene ring substituents is 1. The van der Waals surface area contributed by atoms with Crippen molar-refractivity contribution in [1.82, 2.24) is 5.32 Å². The van der Waals surface area contributed by atoms with E-state index >= 15 is 0 Å². The Bertz CT molecular complexity index is 556. The van der Waals surface area contributed by atoms with Gasteiger partial charge in [0.2, 0.25) is 5.91 Å². The van der Waals surface area contributed by atoms with Crippen LogP contribution in [0.4, 0.5) is 11.4 Å². The number of hydrogen-bond donors (Lipinski definition) is 2. The van der Waals surface area contributed by atoms with Crippen LogP contribution in [0.25, 0.3) is 0 Å². The molecule has 1 aromatic carbocycles. The Labute approximate surface area is 104 Å². The summed E-state index contributed by atoms with van der Waals surface area (Å²) >= 11 is 0. The number of anilines is 1. The van der Waals surface area contributed by atoms with Gasteiger partial charge in [0.05, 0.1) is 22.7 Å². The Morgan fingerprint density at radius 1 is 1.56 bits per heavy atom. The van der Waals surface area contributed by atoms with Gasteiger partial charge in [0, 0.05) is 19.1 Å². The molecule has 0 aliphatic heterocycles. The zero-order chi connectivity index (χ0) is 13.7. The summed E-state index contributed by atoms with van der Waals surface area (Å²) < 4.78 is 0. The standard InChI is InChI=1S/C12H13N3O3/c1-8-6-11(15(17)18)7-10(12(8)13)4-3-5-14-9(2)16/h6-7H,5,13H2,1-2H3,(H,14,16). The summed E-state index contributed by atoms with van der Waals surface area (Å²) in [6.07, 6.45) is 0. The molecule has 0 saturated heterocycles. The van der Waals surface area contributed by atoms with Crippen LogP contribution in [0.2, 0.25) is 0 Å². The van der Waals surface area contributed by atoms with Gasteiger partial charge < -0.3 is 11.1 Å². The molecule has 0 aromatic heterocycles.